The number of halogens is 1. The van der Waals surface area contributed by atoms with Gasteiger partial charge in [0.05, 0.1) is 31.7 Å². The van der Waals surface area contributed by atoms with E-state index in [0.29, 0.717) is 32.1 Å². The minimum atomic E-state index is -0.288. The fourth-order valence-electron chi connectivity index (χ4n) is 5.40. The Morgan fingerprint density at radius 2 is 1.91 bits per heavy atom. The largest absolute Gasteiger partial charge is 0.495 e. The van der Waals surface area contributed by atoms with Crippen LogP contribution in [0, 0.1) is 11.7 Å². The van der Waals surface area contributed by atoms with E-state index in [9.17, 15) is 9.18 Å². The van der Waals surface area contributed by atoms with Crippen LogP contribution in [0.25, 0.3) is 5.69 Å². The SMILES string of the molecule is COc1ccc(-n2cnnn2)cc1N(C)[C@H]1CC[C@H](C(=O)N2CCOCC2)[C@H]1c1ccc(F)cc1. The van der Waals surface area contributed by atoms with Crippen molar-refractivity contribution in [3.05, 3.63) is 60.2 Å². The Kier molecular flexibility index (Phi) is 6.63. The fourth-order valence-corrected chi connectivity index (χ4v) is 5.40. The van der Waals surface area contributed by atoms with Gasteiger partial charge in [-0.05, 0) is 59.2 Å². The molecule has 0 radical (unpaired) electrons. The van der Waals surface area contributed by atoms with Crippen LogP contribution in [0.2, 0.25) is 0 Å². The zero-order valence-electron chi connectivity index (χ0n) is 19.9. The number of tetrazole rings is 1. The quantitative estimate of drug-likeness (QED) is 0.536. The maximum absolute atomic E-state index is 13.8. The molecule has 2 fully saturated rings. The third-order valence-electron chi connectivity index (χ3n) is 7.17. The maximum atomic E-state index is 13.8. The van der Waals surface area contributed by atoms with Crippen molar-refractivity contribution in [2.24, 2.45) is 5.92 Å². The maximum Gasteiger partial charge on any atom is 0.226 e. The molecule has 0 N–H and O–H groups in total. The van der Waals surface area contributed by atoms with Crippen molar-refractivity contribution < 1.29 is 18.7 Å². The predicted octanol–water partition coefficient (Wildman–Crippen LogP) is 2.67. The highest BCUT2D eigenvalue weighted by Crippen LogP contribution is 2.46. The Labute approximate surface area is 203 Å². The number of aromatic nitrogens is 4. The van der Waals surface area contributed by atoms with Gasteiger partial charge >= 0.3 is 0 Å². The molecule has 9 nitrogen and oxygen atoms in total. The Bertz CT molecular complexity index is 1150. The number of hydrogen-bond donors (Lipinski definition) is 0. The lowest BCUT2D eigenvalue weighted by Gasteiger charge is -2.36. The molecule has 10 heteroatoms. The summed E-state index contributed by atoms with van der Waals surface area (Å²) < 4.78 is 26.5. The van der Waals surface area contributed by atoms with Crippen molar-refractivity contribution in [1.29, 1.82) is 0 Å². The van der Waals surface area contributed by atoms with Gasteiger partial charge in [0.25, 0.3) is 0 Å². The monoisotopic (exact) mass is 480 g/mol. The number of carbonyl (C=O) groups excluding carboxylic acids is 1. The van der Waals surface area contributed by atoms with Crippen molar-refractivity contribution in [3.8, 4) is 11.4 Å². The summed E-state index contributed by atoms with van der Waals surface area (Å²) in [5.74, 6) is 0.277. The van der Waals surface area contributed by atoms with Gasteiger partial charge < -0.3 is 19.3 Å². The van der Waals surface area contributed by atoms with Gasteiger partial charge in [0.2, 0.25) is 5.91 Å². The predicted molar refractivity (Wildman–Crippen MR) is 127 cm³/mol. The Morgan fingerprint density at radius 3 is 2.60 bits per heavy atom. The van der Waals surface area contributed by atoms with Crippen LogP contribution in [0.15, 0.2) is 48.8 Å². The van der Waals surface area contributed by atoms with Crippen LogP contribution in [0.1, 0.15) is 24.3 Å². The number of nitrogens with zero attached hydrogens (tertiary/aromatic N) is 6. The number of anilines is 1. The summed E-state index contributed by atoms with van der Waals surface area (Å²) >= 11 is 0. The molecule has 3 atom stereocenters. The summed E-state index contributed by atoms with van der Waals surface area (Å²) in [6.07, 6.45) is 3.11. The van der Waals surface area contributed by atoms with Gasteiger partial charge in [-0.1, -0.05) is 12.1 Å². The number of ether oxygens (including phenoxy) is 2. The molecule has 3 aromatic rings. The van der Waals surface area contributed by atoms with Crippen LogP contribution in [-0.2, 0) is 9.53 Å². The number of methoxy groups -OCH3 is 1. The smallest absolute Gasteiger partial charge is 0.226 e. The van der Waals surface area contributed by atoms with Crippen molar-refractivity contribution >= 4 is 11.6 Å². The highest BCUT2D eigenvalue weighted by atomic mass is 19.1. The van der Waals surface area contributed by atoms with E-state index in [-0.39, 0.29) is 29.6 Å². The fraction of sp³-hybridized carbons (Fsp3) is 0.440. The number of morpholine rings is 1. The summed E-state index contributed by atoms with van der Waals surface area (Å²) in [7, 11) is 3.66. The second-order valence-corrected chi connectivity index (χ2v) is 8.99. The Hall–Kier alpha value is -3.53. The van der Waals surface area contributed by atoms with Gasteiger partial charge in [0, 0.05) is 38.0 Å². The van der Waals surface area contributed by atoms with Gasteiger partial charge in [-0.15, -0.1) is 5.10 Å². The first-order valence-corrected chi connectivity index (χ1v) is 11.8. The summed E-state index contributed by atoms with van der Waals surface area (Å²) in [4.78, 5) is 17.7. The average Bonchev–Trinajstić information content (AvgIpc) is 3.59. The second kappa shape index (κ2) is 9.99. The van der Waals surface area contributed by atoms with E-state index >= 15 is 0 Å². The van der Waals surface area contributed by atoms with Gasteiger partial charge in [-0.2, -0.15) is 0 Å². The molecule has 0 unspecified atom stereocenters. The highest BCUT2D eigenvalue weighted by Gasteiger charge is 2.45. The summed E-state index contributed by atoms with van der Waals surface area (Å²) in [6.45, 7) is 2.33. The molecule has 2 aliphatic rings. The lowest BCUT2D eigenvalue weighted by molar-refractivity contribution is -0.140. The van der Waals surface area contributed by atoms with Crippen LogP contribution in [0.3, 0.4) is 0 Å². The molecule has 2 aromatic carbocycles. The van der Waals surface area contributed by atoms with Crippen LogP contribution < -0.4 is 9.64 Å². The normalized spacial score (nSPS) is 22.3. The standard InChI is InChI=1S/C25H29FN6O3/c1-30(22-15-19(7-10-23(22)34-2)32-16-27-28-29-32)21-9-8-20(25(33)31-11-13-35-14-12-31)24(21)17-3-5-18(26)6-4-17/h3-7,10,15-16,20-21,24H,8-9,11-14H2,1-2H3/t20-,21-,24+/m0/s1. The van der Waals surface area contributed by atoms with E-state index in [2.05, 4.69) is 20.4 Å². The number of rotatable bonds is 6. The summed E-state index contributed by atoms with van der Waals surface area (Å²) in [5, 5.41) is 11.5. The molecule has 1 saturated carbocycles. The topological polar surface area (TPSA) is 85.6 Å². The Balaban J connectivity index is 1.50. The minimum absolute atomic E-state index is 0.00785. The van der Waals surface area contributed by atoms with Gasteiger partial charge in [-0.25, -0.2) is 9.07 Å². The van der Waals surface area contributed by atoms with Crippen LogP contribution in [-0.4, -0.2) is 77.5 Å². The molecule has 184 valence electrons. The molecule has 1 amide bonds. The minimum Gasteiger partial charge on any atom is -0.495 e. The molecule has 1 aliphatic carbocycles. The van der Waals surface area contributed by atoms with Crippen molar-refractivity contribution in [2.75, 3.05) is 45.4 Å². The molecule has 5 rings (SSSR count). The first-order valence-electron chi connectivity index (χ1n) is 11.8. The molecule has 1 aromatic heterocycles. The molecule has 2 heterocycles. The number of benzene rings is 2. The van der Waals surface area contributed by atoms with Gasteiger partial charge in [0.15, 0.2) is 0 Å². The van der Waals surface area contributed by atoms with Gasteiger partial charge in [0.1, 0.15) is 17.9 Å². The van der Waals surface area contributed by atoms with E-state index in [1.807, 2.05) is 30.1 Å². The van der Waals surface area contributed by atoms with E-state index in [1.165, 1.54) is 12.1 Å². The lowest BCUT2D eigenvalue weighted by atomic mass is 9.85. The van der Waals surface area contributed by atoms with E-state index in [1.54, 1.807) is 30.3 Å². The highest BCUT2D eigenvalue weighted by molar-refractivity contribution is 5.81. The average molecular weight is 481 g/mol. The first-order chi connectivity index (χ1) is 17.1. The summed E-state index contributed by atoms with van der Waals surface area (Å²) in [5.41, 5.74) is 2.63. The number of amides is 1. The first kappa shape index (κ1) is 23.2. The van der Waals surface area contributed by atoms with Crippen LogP contribution in [0.5, 0.6) is 5.75 Å². The van der Waals surface area contributed by atoms with Crippen LogP contribution in [0.4, 0.5) is 10.1 Å². The van der Waals surface area contributed by atoms with E-state index in [4.69, 9.17) is 9.47 Å². The number of likely N-dealkylation sites (N-methyl/N-ethyl adjacent to an activating group) is 1. The third-order valence-corrected chi connectivity index (χ3v) is 7.17. The Morgan fingerprint density at radius 1 is 1.14 bits per heavy atom. The van der Waals surface area contributed by atoms with Crippen molar-refractivity contribution in [3.63, 3.8) is 0 Å². The molecule has 1 aliphatic heterocycles. The molecule has 0 bridgehead atoms. The summed E-state index contributed by atoms with van der Waals surface area (Å²) in [6, 6.07) is 12.3. The van der Waals surface area contributed by atoms with E-state index < -0.39 is 0 Å². The van der Waals surface area contributed by atoms with E-state index in [0.717, 1.165) is 29.8 Å². The van der Waals surface area contributed by atoms with Crippen LogP contribution >= 0.6 is 0 Å². The van der Waals surface area contributed by atoms with Crippen molar-refractivity contribution in [2.45, 2.75) is 24.8 Å². The zero-order chi connectivity index (χ0) is 24.4. The van der Waals surface area contributed by atoms with Crippen molar-refractivity contribution in [1.82, 2.24) is 25.1 Å². The molecule has 35 heavy (non-hydrogen) atoms. The number of carbonyl (C=O) groups is 1. The number of hydrogen-bond acceptors (Lipinski definition) is 7. The molecular weight excluding hydrogens is 451 g/mol. The molecule has 1 saturated heterocycles. The van der Waals surface area contributed by atoms with Gasteiger partial charge in [-0.3, -0.25) is 4.79 Å². The second-order valence-electron chi connectivity index (χ2n) is 8.99. The zero-order valence-corrected chi connectivity index (χ0v) is 19.9. The molecular formula is C25H29FN6O3. The lowest BCUT2D eigenvalue weighted by Crippen LogP contribution is -2.45. The third kappa shape index (κ3) is 4.58. The molecule has 0 spiro atoms.